The van der Waals surface area contributed by atoms with Gasteiger partial charge in [0, 0.05) is 25.7 Å². The second kappa shape index (κ2) is 31.6. The lowest BCUT2D eigenvalue weighted by Gasteiger charge is -2.45. The molecule has 1 unspecified atom stereocenters. The zero-order chi connectivity index (χ0) is 45.0. The van der Waals surface area contributed by atoms with E-state index < -0.39 is 98.5 Å². The summed E-state index contributed by atoms with van der Waals surface area (Å²) in [4.78, 5) is 53.0. The molecule has 16 heteroatoms. The summed E-state index contributed by atoms with van der Waals surface area (Å²) in [7, 11) is 0. The minimum Gasteiger partial charge on any atom is -0.463 e. The van der Waals surface area contributed by atoms with E-state index in [9.17, 15) is 44.7 Å². The van der Waals surface area contributed by atoms with E-state index in [1.807, 2.05) is 26.8 Å². The number of ether oxygens (including phenoxy) is 7. The van der Waals surface area contributed by atoms with Crippen LogP contribution in [-0.4, -0.2) is 124 Å². The number of benzene rings is 1. The maximum atomic E-state index is 13.5. The zero-order valence-electron chi connectivity index (χ0n) is 36.7. The fraction of sp³-hybridized carbons (Fsp3) is 0.778. The largest absolute Gasteiger partial charge is 0.463 e. The van der Waals surface area contributed by atoms with Crippen LogP contribution in [0.25, 0.3) is 0 Å². The van der Waals surface area contributed by atoms with Gasteiger partial charge in [0.2, 0.25) is 6.29 Å². The van der Waals surface area contributed by atoms with Crippen molar-refractivity contribution in [3.8, 4) is 0 Å². The van der Waals surface area contributed by atoms with E-state index in [2.05, 4.69) is 6.92 Å². The minimum absolute atomic E-state index is 0.00143. The van der Waals surface area contributed by atoms with E-state index in [-0.39, 0.29) is 32.3 Å². The molecule has 5 N–H and O–H groups in total. The number of aliphatic hydroxyl groups is 5. The van der Waals surface area contributed by atoms with Crippen LogP contribution in [-0.2, 0) is 58.9 Å². The van der Waals surface area contributed by atoms with Crippen LogP contribution in [0.1, 0.15) is 149 Å². The van der Waals surface area contributed by atoms with Crippen LogP contribution in [0.4, 0.5) is 0 Å². The fourth-order valence-corrected chi connectivity index (χ4v) is 6.62. The Bertz CT molecular complexity index is 1350. The molecule has 1 saturated heterocycles. The standard InChI is InChI=1S/C45H74O16/c1-5-9-13-14-21-27-37(50)60-43-42(59-36(49)26-18-12-8-4)41(58-35(48)25-17-11-7-3)33(30-56-34(47)24-16-10-6-2)57-45(43)61-44(54)40(53)39(52)38(51)32(46)29-55-28-31-22-19-15-20-23-31/h15,19-20,22-23,32-33,38-46,51-54H,5-14,16-18,21,24-30H2,1-4H3/t32-,33-,38-,39+,40+,41-,42+,43+,44?,45-/m1/s1. The Kier molecular flexibility index (Phi) is 27.9. The lowest BCUT2D eigenvalue weighted by Crippen LogP contribution is -2.64. The van der Waals surface area contributed by atoms with Gasteiger partial charge in [-0.3, -0.25) is 19.2 Å². The fourth-order valence-electron chi connectivity index (χ4n) is 6.62. The van der Waals surface area contributed by atoms with Crippen molar-refractivity contribution < 1.29 is 77.9 Å². The molecule has 0 bridgehead atoms. The molecule has 10 atom stereocenters. The van der Waals surface area contributed by atoms with Gasteiger partial charge in [-0.1, -0.05) is 122 Å². The van der Waals surface area contributed by atoms with Crippen molar-refractivity contribution in [2.45, 2.75) is 211 Å². The van der Waals surface area contributed by atoms with Gasteiger partial charge in [0.1, 0.15) is 37.1 Å². The number of unbranched alkanes of at least 4 members (excludes halogenated alkanes) is 10. The summed E-state index contributed by atoms with van der Waals surface area (Å²) in [6.45, 7) is 7.08. The number of hydrogen-bond donors (Lipinski definition) is 5. The second-order valence-corrected chi connectivity index (χ2v) is 15.7. The van der Waals surface area contributed by atoms with Gasteiger partial charge >= 0.3 is 23.9 Å². The molecule has 1 fully saturated rings. The highest BCUT2D eigenvalue weighted by Gasteiger charge is 2.54. The quantitative estimate of drug-likeness (QED) is 0.0268. The second-order valence-electron chi connectivity index (χ2n) is 15.7. The molecule has 1 aromatic carbocycles. The van der Waals surface area contributed by atoms with Crippen molar-refractivity contribution >= 4 is 23.9 Å². The highest BCUT2D eigenvalue weighted by molar-refractivity contribution is 5.72. The number of rotatable bonds is 33. The molecule has 0 aromatic heterocycles. The number of aliphatic hydroxyl groups excluding tert-OH is 5. The summed E-state index contributed by atoms with van der Waals surface area (Å²) in [5.41, 5.74) is 0.788. The molecule has 1 aliphatic rings. The number of carbonyl (C=O) groups is 4. The number of hydrogen-bond acceptors (Lipinski definition) is 16. The van der Waals surface area contributed by atoms with Gasteiger partial charge in [0.05, 0.1) is 13.2 Å². The van der Waals surface area contributed by atoms with Crippen LogP contribution in [0.15, 0.2) is 30.3 Å². The van der Waals surface area contributed by atoms with Crippen LogP contribution >= 0.6 is 0 Å². The lowest BCUT2D eigenvalue weighted by atomic mass is 9.97. The molecule has 0 radical (unpaired) electrons. The van der Waals surface area contributed by atoms with Crippen LogP contribution in [0, 0.1) is 0 Å². The van der Waals surface area contributed by atoms with E-state index in [1.54, 1.807) is 24.3 Å². The van der Waals surface area contributed by atoms with E-state index in [1.165, 1.54) is 0 Å². The first-order valence-electron chi connectivity index (χ1n) is 22.4. The summed E-state index contributed by atoms with van der Waals surface area (Å²) >= 11 is 0. The Morgan fingerprint density at radius 2 is 1.05 bits per heavy atom. The summed E-state index contributed by atoms with van der Waals surface area (Å²) in [6, 6.07) is 9.00. The molecule has 2 rings (SSSR count). The molecule has 1 heterocycles. The summed E-state index contributed by atoms with van der Waals surface area (Å²) in [6.07, 6.45) is -8.44. The van der Waals surface area contributed by atoms with Crippen molar-refractivity contribution in [2.75, 3.05) is 13.2 Å². The minimum atomic E-state index is -2.38. The highest BCUT2D eigenvalue weighted by atomic mass is 16.8. The van der Waals surface area contributed by atoms with Gasteiger partial charge in [0.25, 0.3) is 0 Å². The van der Waals surface area contributed by atoms with Crippen LogP contribution in [0.5, 0.6) is 0 Å². The van der Waals surface area contributed by atoms with Crippen LogP contribution in [0.2, 0.25) is 0 Å². The van der Waals surface area contributed by atoms with Crippen molar-refractivity contribution in [3.63, 3.8) is 0 Å². The molecule has 1 aromatic rings. The van der Waals surface area contributed by atoms with Gasteiger partial charge in [-0.05, 0) is 31.2 Å². The van der Waals surface area contributed by atoms with Gasteiger partial charge < -0.3 is 58.7 Å². The zero-order valence-corrected chi connectivity index (χ0v) is 36.7. The van der Waals surface area contributed by atoms with Gasteiger partial charge in [-0.2, -0.15) is 0 Å². The van der Waals surface area contributed by atoms with Gasteiger partial charge in [-0.25, -0.2) is 0 Å². The molecule has 0 aliphatic carbocycles. The van der Waals surface area contributed by atoms with E-state index in [0.29, 0.717) is 32.1 Å². The number of carbonyl (C=O) groups excluding carboxylic acids is 4. The van der Waals surface area contributed by atoms with E-state index in [0.717, 1.165) is 63.4 Å². The average molecular weight is 871 g/mol. The van der Waals surface area contributed by atoms with Crippen molar-refractivity contribution in [1.82, 2.24) is 0 Å². The molecule has 1 aliphatic heterocycles. The summed E-state index contributed by atoms with van der Waals surface area (Å²) < 4.78 is 40.6. The molecular formula is C45H74O16. The normalized spacial score (nSPS) is 21.4. The Hall–Kier alpha value is -3.22. The van der Waals surface area contributed by atoms with E-state index in [4.69, 9.17) is 33.2 Å². The van der Waals surface area contributed by atoms with Crippen LogP contribution < -0.4 is 0 Å². The van der Waals surface area contributed by atoms with E-state index >= 15 is 0 Å². The SMILES string of the molecule is CCCCCCCC(=O)O[C@@H]1[C@@H](OC(O)[C@@H](O)[C@@H](O)[C@H](O)[C@H](O)COCc2ccccc2)O[C@H](COC(=O)CCCCC)[C@@H](OC(=O)CCCCC)[C@@H]1OC(=O)CCCCC. The maximum Gasteiger partial charge on any atom is 0.306 e. The summed E-state index contributed by atoms with van der Waals surface area (Å²) in [5, 5.41) is 54.4. The predicted octanol–water partition coefficient (Wildman–Crippen LogP) is 5.09. The first kappa shape index (κ1) is 53.9. The predicted molar refractivity (Wildman–Crippen MR) is 222 cm³/mol. The average Bonchev–Trinajstić information content (AvgIpc) is 3.24. The van der Waals surface area contributed by atoms with Gasteiger partial charge in [0.15, 0.2) is 24.6 Å². The molecule has 350 valence electrons. The molecule has 16 nitrogen and oxygen atoms in total. The van der Waals surface area contributed by atoms with Gasteiger partial charge in [-0.15, -0.1) is 0 Å². The Balaban J connectivity index is 2.47. The number of esters is 4. The maximum absolute atomic E-state index is 13.5. The molecule has 0 spiro atoms. The highest BCUT2D eigenvalue weighted by Crippen LogP contribution is 2.32. The lowest BCUT2D eigenvalue weighted by molar-refractivity contribution is -0.349. The Labute approximate surface area is 361 Å². The molecular weight excluding hydrogens is 796 g/mol. The third-order valence-corrected chi connectivity index (χ3v) is 10.3. The van der Waals surface area contributed by atoms with Crippen LogP contribution in [0.3, 0.4) is 0 Å². The third kappa shape index (κ3) is 21.1. The smallest absolute Gasteiger partial charge is 0.306 e. The topological polar surface area (TPSA) is 234 Å². The summed E-state index contributed by atoms with van der Waals surface area (Å²) in [5.74, 6) is -2.72. The van der Waals surface area contributed by atoms with Crippen molar-refractivity contribution in [1.29, 1.82) is 0 Å². The molecule has 61 heavy (non-hydrogen) atoms. The Morgan fingerprint density at radius 1 is 0.574 bits per heavy atom. The third-order valence-electron chi connectivity index (χ3n) is 10.3. The first-order chi connectivity index (χ1) is 29.4. The monoisotopic (exact) mass is 870 g/mol. The van der Waals surface area contributed by atoms with Crippen molar-refractivity contribution in [3.05, 3.63) is 35.9 Å². The molecule has 0 saturated carbocycles. The molecule has 0 amide bonds. The Morgan fingerprint density at radius 3 is 1.61 bits per heavy atom. The first-order valence-corrected chi connectivity index (χ1v) is 22.4. The van der Waals surface area contributed by atoms with Crippen molar-refractivity contribution in [2.24, 2.45) is 0 Å².